The van der Waals surface area contributed by atoms with Gasteiger partial charge >= 0.3 is 6.09 Å². The summed E-state index contributed by atoms with van der Waals surface area (Å²) in [6.45, 7) is 0.317. The second-order valence-electron chi connectivity index (χ2n) is 7.27. The molecule has 0 bridgehead atoms. The Morgan fingerprint density at radius 3 is 2.45 bits per heavy atom. The summed E-state index contributed by atoms with van der Waals surface area (Å²) in [6, 6.07) is 9.73. The van der Waals surface area contributed by atoms with Crippen LogP contribution >= 0.6 is 22.9 Å². The van der Waals surface area contributed by atoms with E-state index in [4.69, 9.17) is 16.3 Å². The SMILES string of the molecule is O=C(NCC1CN(c2ccc(N3CCC(F)(F)CC3=O)cc2)C(=O)O1)c1ccc(Cl)s1. The van der Waals surface area contributed by atoms with Crippen LogP contribution in [0.1, 0.15) is 22.5 Å². The van der Waals surface area contributed by atoms with Crippen molar-refractivity contribution in [3.05, 3.63) is 45.6 Å². The van der Waals surface area contributed by atoms with E-state index in [1.165, 1.54) is 9.80 Å². The Balaban J connectivity index is 1.35. The van der Waals surface area contributed by atoms with Crippen LogP contribution in [0, 0.1) is 0 Å². The summed E-state index contributed by atoms with van der Waals surface area (Å²) in [5.74, 6) is -3.90. The molecule has 2 saturated heterocycles. The van der Waals surface area contributed by atoms with E-state index in [1.54, 1.807) is 36.4 Å². The van der Waals surface area contributed by atoms with Gasteiger partial charge in [0.2, 0.25) is 5.91 Å². The molecule has 0 radical (unpaired) electrons. The van der Waals surface area contributed by atoms with Crippen molar-refractivity contribution in [1.29, 1.82) is 0 Å². The molecule has 11 heteroatoms. The van der Waals surface area contributed by atoms with Gasteiger partial charge in [0.1, 0.15) is 6.10 Å². The smallest absolute Gasteiger partial charge is 0.414 e. The standard InChI is InChI=1S/C20H18ClF2N3O4S/c21-16-6-5-15(31-16)18(28)24-10-14-11-26(19(29)30-14)13-3-1-12(2-4-13)25-8-7-20(22,23)9-17(25)27/h1-6,14H,7-11H2,(H,24,28). The minimum absolute atomic E-state index is 0.0613. The van der Waals surface area contributed by atoms with Crippen LogP contribution in [-0.4, -0.2) is 49.6 Å². The van der Waals surface area contributed by atoms with Crippen LogP contribution in [0.2, 0.25) is 4.34 Å². The van der Waals surface area contributed by atoms with Crippen LogP contribution in [0.3, 0.4) is 0 Å². The second-order valence-corrected chi connectivity index (χ2v) is 8.99. The van der Waals surface area contributed by atoms with Gasteiger partial charge in [0.15, 0.2) is 0 Å². The summed E-state index contributed by atoms with van der Waals surface area (Å²) in [6.07, 6.45) is -2.28. The third-order valence-electron chi connectivity index (χ3n) is 5.05. The highest BCUT2D eigenvalue weighted by Gasteiger charge is 2.40. The first kappa shape index (κ1) is 21.5. The van der Waals surface area contributed by atoms with Crippen molar-refractivity contribution in [1.82, 2.24) is 5.32 Å². The highest BCUT2D eigenvalue weighted by atomic mass is 35.5. The number of anilines is 2. The normalized spacial score (nSPS) is 20.7. The van der Waals surface area contributed by atoms with Gasteiger partial charge in [0.05, 0.1) is 28.7 Å². The van der Waals surface area contributed by atoms with Crippen molar-refractivity contribution in [3.8, 4) is 0 Å². The molecule has 0 spiro atoms. The van der Waals surface area contributed by atoms with Crippen LogP contribution in [-0.2, 0) is 9.53 Å². The molecule has 3 heterocycles. The molecule has 4 rings (SSSR count). The topological polar surface area (TPSA) is 79.0 Å². The number of alkyl halides is 2. The van der Waals surface area contributed by atoms with Crippen molar-refractivity contribution < 1.29 is 27.9 Å². The quantitative estimate of drug-likeness (QED) is 0.720. The Kier molecular flexibility index (Phi) is 5.85. The lowest BCUT2D eigenvalue weighted by Crippen LogP contribution is -2.43. The van der Waals surface area contributed by atoms with Gasteiger partial charge in [-0.2, -0.15) is 0 Å². The predicted octanol–water partition coefficient (Wildman–Crippen LogP) is 3.92. The monoisotopic (exact) mass is 469 g/mol. The summed E-state index contributed by atoms with van der Waals surface area (Å²) in [7, 11) is 0. The van der Waals surface area contributed by atoms with Crippen LogP contribution in [0.15, 0.2) is 36.4 Å². The molecule has 7 nitrogen and oxygen atoms in total. The summed E-state index contributed by atoms with van der Waals surface area (Å²) in [5, 5.41) is 2.71. The zero-order chi connectivity index (χ0) is 22.2. The first-order valence-corrected chi connectivity index (χ1v) is 10.7. The first-order valence-electron chi connectivity index (χ1n) is 9.52. The Bertz CT molecular complexity index is 1010. The number of rotatable bonds is 5. The van der Waals surface area contributed by atoms with Crippen molar-refractivity contribution in [2.45, 2.75) is 24.9 Å². The molecular formula is C20H18ClF2N3O4S. The van der Waals surface area contributed by atoms with Gasteiger partial charge in [-0.15, -0.1) is 11.3 Å². The average Bonchev–Trinajstić information content (AvgIpc) is 3.31. The molecule has 1 atom stereocenters. The summed E-state index contributed by atoms with van der Waals surface area (Å²) in [4.78, 5) is 39.5. The van der Waals surface area contributed by atoms with Crippen LogP contribution < -0.4 is 15.1 Å². The average molecular weight is 470 g/mol. The van der Waals surface area contributed by atoms with Crippen molar-refractivity contribution in [2.75, 3.05) is 29.4 Å². The van der Waals surface area contributed by atoms with E-state index < -0.39 is 30.4 Å². The van der Waals surface area contributed by atoms with E-state index in [2.05, 4.69) is 5.32 Å². The van der Waals surface area contributed by atoms with E-state index in [9.17, 15) is 23.2 Å². The number of hydrogen-bond donors (Lipinski definition) is 1. The molecule has 1 aromatic carbocycles. The van der Waals surface area contributed by atoms with Gasteiger partial charge in [0.25, 0.3) is 11.8 Å². The molecular weight excluding hydrogens is 452 g/mol. The first-order chi connectivity index (χ1) is 14.7. The van der Waals surface area contributed by atoms with Crippen molar-refractivity contribution >= 4 is 52.2 Å². The maximum Gasteiger partial charge on any atom is 0.414 e. The molecule has 2 aromatic rings. The third-order valence-corrected chi connectivity index (χ3v) is 6.28. The molecule has 0 saturated carbocycles. The van der Waals surface area contributed by atoms with Crippen LogP contribution in [0.25, 0.3) is 0 Å². The van der Waals surface area contributed by atoms with E-state index in [0.717, 1.165) is 11.3 Å². The highest BCUT2D eigenvalue weighted by molar-refractivity contribution is 7.18. The number of nitrogens with one attached hydrogen (secondary N) is 1. The number of ether oxygens (including phenoxy) is 1. The van der Waals surface area contributed by atoms with Gasteiger partial charge in [0, 0.05) is 24.3 Å². The maximum absolute atomic E-state index is 13.4. The van der Waals surface area contributed by atoms with E-state index in [1.807, 2.05) is 0 Å². The Morgan fingerprint density at radius 2 is 1.84 bits per heavy atom. The number of carbonyl (C=O) groups is 3. The van der Waals surface area contributed by atoms with Crippen molar-refractivity contribution in [2.24, 2.45) is 0 Å². The van der Waals surface area contributed by atoms with Gasteiger partial charge in [-0.1, -0.05) is 11.6 Å². The van der Waals surface area contributed by atoms with Crippen molar-refractivity contribution in [3.63, 3.8) is 0 Å². The van der Waals surface area contributed by atoms with Crippen LogP contribution in [0.4, 0.5) is 25.0 Å². The lowest BCUT2D eigenvalue weighted by atomic mass is 10.1. The van der Waals surface area contributed by atoms with E-state index >= 15 is 0 Å². The Labute approximate surface area is 185 Å². The zero-order valence-electron chi connectivity index (χ0n) is 16.1. The molecule has 2 aliphatic heterocycles. The van der Waals surface area contributed by atoms with Gasteiger partial charge in [-0.25, -0.2) is 13.6 Å². The zero-order valence-corrected chi connectivity index (χ0v) is 17.7. The minimum atomic E-state index is -2.97. The molecule has 2 fully saturated rings. The van der Waals surface area contributed by atoms with Gasteiger partial charge < -0.3 is 15.0 Å². The molecule has 164 valence electrons. The number of cyclic esters (lactones) is 1. The fraction of sp³-hybridized carbons (Fsp3) is 0.350. The van der Waals surface area contributed by atoms with Gasteiger partial charge in [-0.05, 0) is 36.4 Å². The molecule has 1 aromatic heterocycles. The molecule has 3 amide bonds. The number of piperidine rings is 1. The minimum Gasteiger partial charge on any atom is -0.442 e. The third kappa shape index (κ3) is 4.80. The maximum atomic E-state index is 13.4. The molecule has 1 unspecified atom stereocenters. The van der Waals surface area contributed by atoms with E-state index in [0.29, 0.717) is 20.6 Å². The lowest BCUT2D eigenvalue weighted by molar-refractivity contribution is -0.129. The summed E-state index contributed by atoms with van der Waals surface area (Å²) >= 11 is 6.98. The fourth-order valence-electron chi connectivity index (χ4n) is 3.46. The molecule has 1 N–H and O–H groups in total. The van der Waals surface area contributed by atoms with Crippen LogP contribution in [0.5, 0.6) is 0 Å². The highest BCUT2D eigenvalue weighted by Crippen LogP contribution is 2.32. The number of halogens is 3. The molecule has 31 heavy (non-hydrogen) atoms. The molecule has 0 aliphatic carbocycles. The summed E-state index contributed by atoms with van der Waals surface area (Å²) in [5.41, 5.74) is 1.04. The number of benzene rings is 1. The number of nitrogens with zero attached hydrogens (tertiary/aromatic N) is 2. The lowest BCUT2D eigenvalue weighted by Gasteiger charge is -2.31. The number of thiophene rings is 1. The summed E-state index contributed by atoms with van der Waals surface area (Å²) < 4.78 is 32.5. The molecule has 2 aliphatic rings. The number of amides is 3. The number of carbonyl (C=O) groups excluding carboxylic acids is 3. The predicted molar refractivity (Wildman–Crippen MR) is 112 cm³/mol. The largest absolute Gasteiger partial charge is 0.442 e. The Hall–Kier alpha value is -2.72. The van der Waals surface area contributed by atoms with Gasteiger partial charge in [-0.3, -0.25) is 14.5 Å². The number of hydrogen-bond acceptors (Lipinski definition) is 5. The fourth-order valence-corrected chi connectivity index (χ4v) is 4.42. The second kappa shape index (κ2) is 8.43. The van der Waals surface area contributed by atoms with E-state index in [-0.39, 0.29) is 32.0 Å². The Morgan fingerprint density at radius 1 is 1.16 bits per heavy atom.